The number of esters is 1. The zero-order chi connectivity index (χ0) is 15.8. The van der Waals surface area contributed by atoms with Crippen LogP contribution in [0.2, 0.25) is 0 Å². The quantitative estimate of drug-likeness (QED) is 0.569. The Labute approximate surface area is 122 Å². The summed E-state index contributed by atoms with van der Waals surface area (Å²) in [5, 5.41) is 19.2. The lowest BCUT2D eigenvalue weighted by Crippen LogP contribution is -2.38. The van der Waals surface area contributed by atoms with Crippen LogP contribution in [0.5, 0.6) is 11.5 Å². The van der Waals surface area contributed by atoms with E-state index in [0.717, 1.165) is 0 Å². The highest BCUT2D eigenvalue weighted by Gasteiger charge is 2.22. The topological polar surface area (TPSA) is 96.3 Å². The minimum Gasteiger partial charge on any atom is -0.504 e. The van der Waals surface area contributed by atoms with Crippen molar-refractivity contribution in [2.24, 2.45) is 0 Å². The van der Waals surface area contributed by atoms with E-state index in [1.807, 2.05) is 0 Å². The van der Waals surface area contributed by atoms with E-state index in [-0.39, 0.29) is 31.9 Å². The highest BCUT2D eigenvalue weighted by Crippen LogP contribution is 2.29. The largest absolute Gasteiger partial charge is 0.504 e. The number of para-hydroxylation sites is 1. The number of ether oxygens (including phenoxy) is 2. The molecule has 0 bridgehead atoms. The van der Waals surface area contributed by atoms with Crippen LogP contribution in [0.4, 0.5) is 0 Å². The van der Waals surface area contributed by atoms with Crippen LogP contribution in [0.25, 0.3) is 0 Å². The van der Waals surface area contributed by atoms with E-state index in [9.17, 15) is 19.8 Å². The molecule has 0 unspecified atom stereocenters. The molecule has 1 rings (SSSR count). The SMILES string of the molecule is CCOC(=O)CN(CCOC)C(=O)c1cccc(O)c1O. The first kappa shape index (κ1) is 16.8. The standard InChI is InChI=1S/C14H19NO6/c1-3-21-12(17)9-15(7-8-20-2)14(19)10-5-4-6-11(16)13(10)18/h4-6,16,18H,3,7-9H2,1-2H3. The minimum atomic E-state index is -0.589. The fourth-order valence-electron chi connectivity index (χ4n) is 1.69. The molecule has 0 saturated carbocycles. The third-order valence-electron chi connectivity index (χ3n) is 2.72. The number of methoxy groups -OCH3 is 1. The van der Waals surface area contributed by atoms with Crippen molar-refractivity contribution in [1.82, 2.24) is 4.90 Å². The minimum absolute atomic E-state index is 0.0876. The molecular weight excluding hydrogens is 278 g/mol. The van der Waals surface area contributed by atoms with Crippen molar-refractivity contribution in [2.75, 3.05) is 33.4 Å². The Bertz CT molecular complexity index is 502. The fraction of sp³-hybridized carbons (Fsp3) is 0.429. The highest BCUT2D eigenvalue weighted by molar-refractivity contribution is 5.99. The van der Waals surface area contributed by atoms with Crippen LogP contribution in [0.3, 0.4) is 0 Å². The van der Waals surface area contributed by atoms with Crippen molar-refractivity contribution in [3.05, 3.63) is 23.8 Å². The van der Waals surface area contributed by atoms with E-state index >= 15 is 0 Å². The number of hydrogen-bond donors (Lipinski definition) is 2. The zero-order valence-corrected chi connectivity index (χ0v) is 12.0. The lowest BCUT2D eigenvalue weighted by atomic mass is 10.1. The molecule has 0 spiro atoms. The maximum Gasteiger partial charge on any atom is 0.325 e. The normalized spacial score (nSPS) is 10.2. The molecule has 0 aliphatic rings. The second-order valence-corrected chi connectivity index (χ2v) is 4.20. The van der Waals surface area contributed by atoms with Crippen LogP contribution in [0, 0.1) is 0 Å². The molecule has 1 amide bonds. The van der Waals surface area contributed by atoms with Gasteiger partial charge in [0.2, 0.25) is 0 Å². The molecule has 0 aromatic heterocycles. The van der Waals surface area contributed by atoms with Gasteiger partial charge >= 0.3 is 5.97 Å². The third kappa shape index (κ3) is 4.64. The van der Waals surface area contributed by atoms with Gasteiger partial charge in [-0.2, -0.15) is 0 Å². The molecule has 0 aliphatic heterocycles. The van der Waals surface area contributed by atoms with E-state index in [1.165, 1.54) is 30.2 Å². The van der Waals surface area contributed by atoms with Crippen molar-refractivity contribution in [3.8, 4) is 11.5 Å². The predicted octanol–water partition coefficient (Wildman–Crippen LogP) is 0.749. The number of amides is 1. The van der Waals surface area contributed by atoms with Crippen LogP contribution < -0.4 is 0 Å². The van der Waals surface area contributed by atoms with E-state index in [0.29, 0.717) is 0 Å². The molecule has 0 atom stereocenters. The fourth-order valence-corrected chi connectivity index (χ4v) is 1.69. The molecule has 2 N–H and O–H groups in total. The van der Waals surface area contributed by atoms with Crippen LogP contribution in [-0.4, -0.2) is 60.4 Å². The first-order chi connectivity index (χ1) is 10.0. The maximum absolute atomic E-state index is 12.4. The van der Waals surface area contributed by atoms with Crippen molar-refractivity contribution < 1.29 is 29.3 Å². The van der Waals surface area contributed by atoms with Crippen LogP contribution in [-0.2, 0) is 14.3 Å². The van der Waals surface area contributed by atoms with Gasteiger partial charge in [-0.05, 0) is 19.1 Å². The smallest absolute Gasteiger partial charge is 0.325 e. The average molecular weight is 297 g/mol. The summed E-state index contributed by atoms with van der Waals surface area (Å²) in [5.74, 6) is -2.06. The molecule has 1 aromatic carbocycles. The number of aromatic hydroxyl groups is 2. The highest BCUT2D eigenvalue weighted by atomic mass is 16.5. The number of carbonyl (C=O) groups excluding carboxylic acids is 2. The molecular formula is C14H19NO6. The molecule has 116 valence electrons. The summed E-state index contributed by atoms with van der Waals surface area (Å²) in [6, 6.07) is 4.06. The Hall–Kier alpha value is -2.28. The van der Waals surface area contributed by atoms with Gasteiger partial charge in [0.05, 0.1) is 18.8 Å². The molecule has 21 heavy (non-hydrogen) atoms. The van der Waals surface area contributed by atoms with Crippen LogP contribution in [0.1, 0.15) is 17.3 Å². The van der Waals surface area contributed by atoms with Crippen LogP contribution in [0.15, 0.2) is 18.2 Å². The summed E-state index contributed by atoms with van der Waals surface area (Å²) in [6.45, 7) is 2.00. The summed E-state index contributed by atoms with van der Waals surface area (Å²) in [6.07, 6.45) is 0. The van der Waals surface area contributed by atoms with E-state index in [2.05, 4.69) is 0 Å². The Morgan fingerprint density at radius 2 is 2.00 bits per heavy atom. The molecule has 0 radical (unpaired) electrons. The number of benzene rings is 1. The predicted molar refractivity (Wildman–Crippen MR) is 74.2 cm³/mol. The van der Waals surface area contributed by atoms with Gasteiger partial charge in [0.25, 0.3) is 5.91 Å². The van der Waals surface area contributed by atoms with Gasteiger partial charge in [-0.1, -0.05) is 6.07 Å². The monoisotopic (exact) mass is 297 g/mol. The molecule has 7 nitrogen and oxygen atoms in total. The summed E-state index contributed by atoms with van der Waals surface area (Å²) in [4.78, 5) is 25.1. The number of carbonyl (C=O) groups is 2. The number of hydrogen-bond acceptors (Lipinski definition) is 6. The summed E-state index contributed by atoms with van der Waals surface area (Å²) in [5.41, 5.74) is -0.0876. The van der Waals surface area contributed by atoms with E-state index in [1.54, 1.807) is 6.92 Å². The molecule has 0 saturated heterocycles. The molecule has 7 heteroatoms. The number of nitrogens with zero attached hydrogens (tertiary/aromatic N) is 1. The second kappa shape index (κ2) is 8.11. The van der Waals surface area contributed by atoms with Crippen LogP contribution >= 0.6 is 0 Å². The lowest BCUT2D eigenvalue weighted by Gasteiger charge is -2.21. The Balaban J connectivity index is 2.93. The van der Waals surface area contributed by atoms with Gasteiger partial charge in [0.15, 0.2) is 11.5 Å². The van der Waals surface area contributed by atoms with Gasteiger partial charge in [-0.15, -0.1) is 0 Å². The number of phenolic OH excluding ortho intramolecular Hbond substituents is 2. The van der Waals surface area contributed by atoms with E-state index < -0.39 is 23.4 Å². The molecule has 0 aliphatic carbocycles. The number of phenols is 2. The summed E-state index contributed by atoms with van der Waals surface area (Å²) < 4.78 is 9.70. The average Bonchev–Trinajstić information content (AvgIpc) is 2.46. The zero-order valence-electron chi connectivity index (χ0n) is 12.0. The third-order valence-corrected chi connectivity index (χ3v) is 2.72. The van der Waals surface area contributed by atoms with Gasteiger partial charge in [0, 0.05) is 13.7 Å². The van der Waals surface area contributed by atoms with E-state index in [4.69, 9.17) is 9.47 Å². The second-order valence-electron chi connectivity index (χ2n) is 4.20. The Morgan fingerprint density at radius 1 is 1.29 bits per heavy atom. The Kier molecular flexibility index (Phi) is 6.48. The van der Waals surface area contributed by atoms with Crippen molar-refractivity contribution in [3.63, 3.8) is 0 Å². The van der Waals surface area contributed by atoms with Crippen molar-refractivity contribution in [1.29, 1.82) is 0 Å². The Morgan fingerprint density at radius 3 is 2.62 bits per heavy atom. The maximum atomic E-state index is 12.4. The first-order valence-electron chi connectivity index (χ1n) is 6.46. The molecule has 0 fully saturated rings. The first-order valence-corrected chi connectivity index (χ1v) is 6.46. The summed E-state index contributed by atoms with van der Waals surface area (Å²) in [7, 11) is 1.47. The van der Waals surface area contributed by atoms with Gasteiger partial charge in [-0.3, -0.25) is 9.59 Å². The van der Waals surface area contributed by atoms with Crippen molar-refractivity contribution >= 4 is 11.9 Å². The summed E-state index contributed by atoms with van der Waals surface area (Å²) >= 11 is 0. The van der Waals surface area contributed by atoms with Gasteiger partial charge in [0.1, 0.15) is 6.54 Å². The van der Waals surface area contributed by atoms with Gasteiger partial charge in [-0.25, -0.2) is 0 Å². The molecule has 0 heterocycles. The molecule has 1 aromatic rings. The van der Waals surface area contributed by atoms with Crippen molar-refractivity contribution in [2.45, 2.75) is 6.92 Å². The van der Waals surface area contributed by atoms with Gasteiger partial charge < -0.3 is 24.6 Å². The lowest BCUT2D eigenvalue weighted by molar-refractivity contribution is -0.143. The number of rotatable bonds is 7.